The minimum Gasteiger partial charge on any atom is -0.325 e. The largest absolute Gasteiger partial charge is 0.325 e. The van der Waals surface area contributed by atoms with Gasteiger partial charge in [-0.1, -0.05) is 37.7 Å². The number of hydrogen-bond donors (Lipinski definition) is 1. The van der Waals surface area contributed by atoms with Crippen LogP contribution in [0.15, 0.2) is 47.6 Å². The minimum absolute atomic E-state index is 0.155. The normalized spacial score (nSPS) is 12.2. The molecule has 1 aromatic heterocycles. The maximum Gasteiger partial charge on any atom is 0.237 e. The Kier molecular flexibility index (Phi) is 6.81. The molecular formula is C21H21F3N4OS. The highest BCUT2D eigenvalue weighted by molar-refractivity contribution is 8.00. The van der Waals surface area contributed by atoms with E-state index in [2.05, 4.69) is 15.5 Å². The summed E-state index contributed by atoms with van der Waals surface area (Å²) in [5, 5.41) is 10.7. The first-order valence-corrected chi connectivity index (χ1v) is 10.2. The van der Waals surface area contributed by atoms with E-state index in [0.29, 0.717) is 23.1 Å². The lowest BCUT2D eigenvalue weighted by Crippen LogP contribution is -2.23. The molecule has 1 amide bonds. The van der Waals surface area contributed by atoms with Gasteiger partial charge in [0.25, 0.3) is 0 Å². The number of nitrogens with one attached hydrogen (secondary N) is 1. The topological polar surface area (TPSA) is 59.8 Å². The fourth-order valence-corrected chi connectivity index (χ4v) is 3.64. The maximum absolute atomic E-state index is 14.3. The van der Waals surface area contributed by atoms with E-state index in [0.717, 1.165) is 23.9 Å². The second-order valence-electron chi connectivity index (χ2n) is 7.17. The van der Waals surface area contributed by atoms with Crippen molar-refractivity contribution in [2.45, 2.75) is 37.7 Å². The van der Waals surface area contributed by atoms with Crippen LogP contribution >= 0.6 is 11.8 Å². The van der Waals surface area contributed by atoms with Crippen LogP contribution in [0.2, 0.25) is 0 Å². The summed E-state index contributed by atoms with van der Waals surface area (Å²) < 4.78 is 42.5. The van der Waals surface area contributed by atoms with E-state index in [1.807, 2.05) is 13.8 Å². The van der Waals surface area contributed by atoms with Crippen molar-refractivity contribution in [3.05, 3.63) is 59.9 Å². The molecule has 0 aliphatic carbocycles. The number of amides is 1. The van der Waals surface area contributed by atoms with Gasteiger partial charge in [-0.25, -0.2) is 13.2 Å². The van der Waals surface area contributed by atoms with E-state index in [1.165, 1.54) is 12.1 Å². The third kappa shape index (κ3) is 5.02. The highest BCUT2D eigenvalue weighted by Crippen LogP contribution is 2.29. The molecule has 158 valence electrons. The molecule has 0 aliphatic heterocycles. The summed E-state index contributed by atoms with van der Waals surface area (Å²) in [6.45, 7) is 6.23. The van der Waals surface area contributed by atoms with Gasteiger partial charge in [0.1, 0.15) is 5.82 Å². The predicted molar refractivity (Wildman–Crippen MR) is 111 cm³/mol. The van der Waals surface area contributed by atoms with Gasteiger partial charge in [-0.2, -0.15) is 0 Å². The molecule has 3 aromatic rings. The number of benzene rings is 2. The van der Waals surface area contributed by atoms with Crippen molar-refractivity contribution in [2.75, 3.05) is 5.32 Å². The van der Waals surface area contributed by atoms with Crippen LogP contribution in [0, 0.1) is 23.4 Å². The van der Waals surface area contributed by atoms with Crippen molar-refractivity contribution in [3.63, 3.8) is 0 Å². The molecular weight excluding hydrogens is 413 g/mol. The summed E-state index contributed by atoms with van der Waals surface area (Å²) in [6, 6.07) is 9.45. The lowest BCUT2D eigenvalue weighted by molar-refractivity contribution is -0.115. The lowest BCUT2D eigenvalue weighted by Gasteiger charge is -2.15. The van der Waals surface area contributed by atoms with E-state index >= 15 is 0 Å². The molecule has 0 saturated carbocycles. The standard InChI is InChI=1S/C21H21F3N4OS/c1-12(2)11-28-19(15-6-4-5-7-16(15)22)26-27-21(28)30-13(3)20(29)25-14-8-9-17(23)18(24)10-14/h4-10,12-13H,11H2,1-3H3,(H,25,29). The molecule has 0 radical (unpaired) electrons. The molecule has 1 N–H and O–H groups in total. The maximum atomic E-state index is 14.3. The van der Waals surface area contributed by atoms with E-state index in [-0.39, 0.29) is 11.6 Å². The molecule has 0 fully saturated rings. The smallest absolute Gasteiger partial charge is 0.237 e. The average Bonchev–Trinajstić information content (AvgIpc) is 3.06. The molecule has 2 aromatic carbocycles. The van der Waals surface area contributed by atoms with Gasteiger partial charge in [0, 0.05) is 18.3 Å². The second-order valence-corrected chi connectivity index (χ2v) is 8.48. The first kappa shape index (κ1) is 21.9. The third-order valence-electron chi connectivity index (χ3n) is 4.22. The summed E-state index contributed by atoms with van der Waals surface area (Å²) in [5.74, 6) is -2.22. The van der Waals surface area contributed by atoms with E-state index in [4.69, 9.17) is 0 Å². The van der Waals surface area contributed by atoms with Gasteiger partial charge in [-0.05, 0) is 37.1 Å². The highest BCUT2D eigenvalue weighted by atomic mass is 32.2. The summed E-state index contributed by atoms with van der Waals surface area (Å²) in [5.41, 5.74) is 0.485. The van der Waals surface area contributed by atoms with Gasteiger partial charge in [-0.15, -0.1) is 10.2 Å². The Bertz CT molecular complexity index is 1050. The van der Waals surface area contributed by atoms with Crippen molar-refractivity contribution in [1.82, 2.24) is 14.8 Å². The zero-order valence-electron chi connectivity index (χ0n) is 16.7. The minimum atomic E-state index is -1.04. The molecule has 30 heavy (non-hydrogen) atoms. The first-order chi connectivity index (χ1) is 14.3. The van der Waals surface area contributed by atoms with E-state index in [9.17, 15) is 18.0 Å². The Balaban J connectivity index is 1.82. The van der Waals surface area contributed by atoms with Crippen molar-refractivity contribution in [3.8, 4) is 11.4 Å². The van der Waals surface area contributed by atoms with Gasteiger partial charge in [0.15, 0.2) is 22.6 Å². The van der Waals surface area contributed by atoms with Crippen LogP contribution in [-0.4, -0.2) is 25.9 Å². The Morgan fingerprint density at radius 1 is 1.03 bits per heavy atom. The fraction of sp³-hybridized carbons (Fsp3) is 0.286. The van der Waals surface area contributed by atoms with Crippen LogP contribution in [0.3, 0.4) is 0 Å². The van der Waals surface area contributed by atoms with Crippen LogP contribution in [0.25, 0.3) is 11.4 Å². The van der Waals surface area contributed by atoms with Crippen LogP contribution in [0.5, 0.6) is 0 Å². The Hall–Kier alpha value is -2.81. The Morgan fingerprint density at radius 3 is 2.43 bits per heavy atom. The number of nitrogens with zero attached hydrogens (tertiary/aromatic N) is 3. The monoisotopic (exact) mass is 434 g/mol. The Morgan fingerprint density at radius 2 is 1.77 bits per heavy atom. The number of anilines is 1. The molecule has 1 atom stereocenters. The number of carbonyl (C=O) groups is 1. The average molecular weight is 434 g/mol. The predicted octanol–water partition coefficient (Wildman–Crippen LogP) is 5.14. The van der Waals surface area contributed by atoms with Crippen LogP contribution in [0.4, 0.5) is 18.9 Å². The number of aromatic nitrogens is 3. The Labute approximate surface area is 176 Å². The van der Waals surface area contributed by atoms with Gasteiger partial charge >= 0.3 is 0 Å². The molecule has 0 spiro atoms. The van der Waals surface area contributed by atoms with Crippen LogP contribution in [0.1, 0.15) is 20.8 Å². The van der Waals surface area contributed by atoms with Crippen molar-refractivity contribution < 1.29 is 18.0 Å². The lowest BCUT2D eigenvalue weighted by atomic mass is 10.2. The van der Waals surface area contributed by atoms with Crippen molar-refractivity contribution in [2.24, 2.45) is 5.92 Å². The number of halogens is 3. The highest BCUT2D eigenvalue weighted by Gasteiger charge is 2.22. The zero-order valence-corrected chi connectivity index (χ0v) is 17.5. The number of rotatable bonds is 7. The van der Waals surface area contributed by atoms with Crippen LogP contribution < -0.4 is 5.32 Å². The SMILES string of the molecule is CC(C)Cn1c(SC(C)C(=O)Nc2ccc(F)c(F)c2)nnc1-c1ccccc1F. The van der Waals surface area contributed by atoms with Gasteiger partial charge in [0.05, 0.1) is 10.8 Å². The van der Waals surface area contributed by atoms with Gasteiger partial charge < -0.3 is 9.88 Å². The molecule has 1 heterocycles. The number of carbonyl (C=O) groups excluding carboxylic acids is 1. The molecule has 9 heteroatoms. The van der Waals surface area contributed by atoms with Gasteiger partial charge in [0.2, 0.25) is 5.91 Å². The number of thioether (sulfide) groups is 1. The van der Waals surface area contributed by atoms with E-state index < -0.39 is 28.6 Å². The van der Waals surface area contributed by atoms with Gasteiger partial charge in [-0.3, -0.25) is 4.79 Å². The molecule has 0 saturated heterocycles. The summed E-state index contributed by atoms with van der Waals surface area (Å²) in [4.78, 5) is 12.5. The summed E-state index contributed by atoms with van der Waals surface area (Å²) in [6.07, 6.45) is 0. The molecule has 3 rings (SSSR count). The second kappa shape index (κ2) is 9.34. The molecule has 0 aliphatic rings. The molecule has 5 nitrogen and oxygen atoms in total. The fourth-order valence-electron chi connectivity index (χ4n) is 2.78. The first-order valence-electron chi connectivity index (χ1n) is 9.37. The summed E-state index contributed by atoms with van der Waals surface area (Å²) in [7, 11) is 0. The molecule has 1 unspecified atom stereocenters. The van der Waals surface area contributed by atoms with Crippen molar-refractivity contribution >= 4 is 23.4 Å². The third-order valence-corrected chi connectivity index (χ3v) is 5.30. The quantitative estimate of drug-likeness (QED) is 0.523. The number of hydrogen-bond acceptors (Lipinski definition) is 4. The summed E-state index contributed by atoms with van der Waals surface area (Å²) >= 11 is 1.16. The zero-order chi connectivity index (χ0) is 21.8. The van der Waals surface area contributed by atoms with Crippen LogP contribution in [-0.2, 0) is 11.3 Å². The molecule has 0 bridgehead atoms. The van der Waals surface area contributed by atoms with Crippen molar-refractivity contribution in [1.29, 1.82) is 0 Å². The van der Waals surface area contributed by atoms with E-state index in [1.54, 1.807) is 29.7 Å².